The van der Waals surface area contributed by atoms with E-state index in [2.05, 4.69) is 55.5 Å². The summed E-state index contributed by atoms with van der Waals surface area (Å²) in [5.74, 6) is 0.826. The average molecular weight is 260 g/mol. The van der Waals surface area contributed by atoms with E-state index in [1.165, 1.54) is 43.5 Å². The van der Waals surface area contributed by atoms with Crippen LogP contribution in [0.2, 0.25) is 0 Å². The number of aryl methyl sites for hydroxylation is 1. The first kappa shape index (κ1) is 14.5. The Morgan fingerprint density at radius 2 is 2.00 bits per heavy atom. The second kappa shape index (κ2) is 7.06. The van der Waals surface area contributed by atoms with Gasteiger partial charge in [0, 0.05) is 6.04 Å². The van der Waals surface area contributed by atoms with Crippen LogP contribution in [0.15, 0.2) is 24.3 Å². The van der Waals surface area contributed by atoms with Gasteiger partial charge in [-0.15, -0.1) is 0 Å². The molecule has 106 valence electrons. The van der Waals surface area contributed by atoms with Crippen molar-refractivity contribution in [3.8, 4) is 0 Å². The Bertz CT molecular complexity index is 363. The largest absolute Gasteiger partial charge is 0.316 e. The van der Waals surface area contributed by atoms with Gasteiger partial charge in [0.25, 0.3) is 0 Å². The Balaban J connectivity index is 2.05. The molecule has 0 radical (unpaired) electrons. The number of nitrogens with one attached hydrogen (secondary N) is 1. The molecule has 1 saturated heterocycles. The van der Waals surface area contributed by atoms with Crippen LogP contribution in [-0.4, -0.2) is 32.1 Å². The Kier molecular flexibility index (Phi) is 5.41. The molecular formula is C17H28N2. The summed E-state index contributed by atoms with van der Waals surface area (Å²) in [6.45, 7) is 4.61. The Hall–Kier alpha value is -0.860. The van der Waals surface area contributed by atoms with Gasteiger partial charge >= 0.3 is 0 Å². The summed E-state index contributed by atoms with van der Waals surface area (Å²) in [4.78, 5) is 2.37. The smallest absolute Gasteiger partial charge is 0.0345 e. The summed E-state index contributed by atoms with van der Waals surface area (Å²) in [5, 5.41) is 3.53. The van der Waals surface area contributed by atoms with Crippen LogP contribution in [0.4, 0.5) is 0 Å². The summed E-state index contributed by atoms with van der Waals surface area (Å²) in [7, 11) is 4.41. The van der Waals surface area contributed by atoms with E-state index in [0.717, 1.165) is 12.3 Å². The van der Waals surface area contributed by atoms with Crippen molar-refractivity contribution < 1.29 is 0 Å². The Morgan fingerprint density at radius 3 is 2.53 bits per heavy atom. The predicted octanol–water partition coefficient (Wildman–Crippen LogP) is 3.24. The maximum Gasteiger partial charge on any atom is 0.0345 e. The summed E-state index contributed by atoms with van der Waals surface area (Å²) in [6.07, 6.45) is 5.11. The molecule has 1 aliphatic heterocycles. The van der Waals surface area contributed by atoms with Crippen LogP contribution in [0.1, 0.15) is 43.4 Å². The molecule has 2 unspecified atom stereocenters. The van der Waals surface area contributed by atoms with E-state index in [9.17, 15) is 0 Å². The van der Waals surface area contributed by atoms with Crippen LogP contribution in [0.25, 0.3) is 0 Å². The SMILES string of the molecule is CCc1ccc(C(CC2CCCNC2)N(C)C)cc1. The van der Waals surface area contributed by atoms with Crippen molar-refractivity contribution in [2.24, 2.45) is 5.92 Å². The molecule has 1 fully saturated rings. The van der Waals surface area contributed by atoms with E-state index in [1.54, 1.807) is 0 Å². The van der Waals surface area contributed by atoms with Gasteiger partial charge in [0.1, 0.15) is 0 Å². The number of rotatable bonds is 5. The van der Waals surface area contributed by atoms with E-state index in [-0.39, 0.29) is 0 Å². The molecule has 0 saturated carbocycles. The molecule has 1 heterocycles. The molecule has 2 nitrogen and oxygen atoms in total. The highest BCUT2D eigenvalue weighted by Gasteiger charge is 2.21. The zero-order valence-electron chi connectivity index (χ0n) is 12.7. The average Bonchev–Trinajstić information content (AvgIpc) is 2.46. The topological polar surface area (TPSA) is 15.3 Å². The molecule has 1 aliphatic rings. The lowest BCUT2D eigenvalue weighted by atomic mass is 9.88. The van der Waals surface area contributed by atoms with Gasteiger partial charge < -0.3 is 10.2 Å². The van der Waals surface area contributed by atoms with Crippen molar-refractivity contribution in [2.45, 2.75) is 38.6 Å². The van der Waals surface area contributed by atoms with E-state index in [4.69, 9.17) is 0 Å². The van der Waals surface area contributed by atoms with Crippen LogP contribution in [0, 0.1) is 5.92 Å². The molecule has 0 bridgehead atoms. The maximum absolute atomic E-state index is 3.53. The second-order valence-corrected chi connectivity index (χ2v) is 6.02. The zero-order valence-corrected chi connectivity index (χ0v) is 12.7. The fourth-order valence-corrected chi connectivity index (χ4v) is 3.06. The monoisotopic (exact) mass is 260 g/mol. The maximum atomic E-state index is 3.53. The van der Waals surface area contributed by atoms with E-state index >= 15 is 0 Å². The van der Waals surface area contributed by atoms with Crippen LogP contribution in [0.5, 0.6) is 0 Å². The molecule has 0 aliphatic carbocycles. The number of benzene rings is 1. The lowest BCUT2D eigenvalue weighted by Crippen LogP contribution is -2.33. The van der Waals surface area contributed by atoms with Crippen molar-refractivity contribution in [3.63, 3.8) is 0 Å². The van der Waals surface area contributed by atoms with Gasteiger partial charge in [-0.1, -0.05) is 31.2 Å². The molecular weight excluding hydrogens is 232 g/mol. The van der Waals surface area contributed by atoms with E-state index in [0.29, 0.717) is 6.04 Å². The molecule has 2 atom stereocenters. The minimum atomic E-state index is 0.552. The highest BCUT2D eigenvalue weighted by Crippen LogP contribution is 2.29. The van der Waals surface area contributed by atoms with Gasteiger partial charge in [-0.05, 0) is 69.9 Å². The highest BCUT2D eigenvalue weighted by atomic mass is 15.1. The quantitative estimate of drug-likeness (QED) is 0.874. The number of hydrogen-bond acceptors (Lipinski definition) is 2. The van der Waals surface area contributed by atoms with Gasteiger partial charge in [-0.3, -0.25) is 0 Å². The molecule has 1 N–H and O–H groups in total. The van der Waals surface area contributed by atoms with Crippen molar-refractivity contribution in [1.29, 1.82) is 0 Å². The van der Waals surface area contributed by atoms with Gasteiger partial charge in [0.2, 0.25) is 0 Å². The van der Waals surface area contributed by atoms with Gasteiger partial charge in [0.15, 0.2) is 0 Å². The molecule has 19 heavy (non-hydrogen) atoms. The number of nitrogens with zero attached hydrogens (tertiary/aromatic N) is 1. The molecule has 0 spiro atoms. The fourth-order valence-electron chi connectivity index (χ4n) is 3.06. The van der Waals surface area contributed by atoms with Crippen LogP contribution in [-0.2, 0) is 6.42 Å². The van der Waals surface area contributed by atoms with E-state index in [1.807, 2.05) is 0 Å². The standard InChI is InChI=1S/C17H28N2/c1-4-14-7-9-16(10-8-14)17(19(2)3)12-15-6-5-11-18-13-15/h7-10,15,17-18H,4-6,11-13H2,1-3H3. The van der Waals surface area contributed by atoms with Crippen LogP contribution in [0.3, 0.4) is 0 Å². The first-order valence-corrected chi connectivity index (χ1v) is 7.66. The lowest BCUT2D eigenvalue weighted by molar-refractivity contribution is 0.225. The van der Waals surface area contributed by atoms with Crippen molar-refractivity contribution in [2.75, 3.05) is 27.2 Å². The van der Waals surface area contributed by atoms with Crippen LogP contribution < -0.4 is 5.32 Å². The third kappa shape index (κ3) is 4.05. The first-order valence-electron chi connectivity index (χ1n) is 7.66. The molecule has 0 amide bonds. The number of hydrogen-bond donors (Lipinski definition) is 1. The highest BCUT2D eigenvalue weighted by molar-refractivity contribution is 5.25. The molecule has 2 rings (SSSR count). The Labute approximate surface area is 118 Å². The molecule has 2 heteroatoms. The second-order valence-electron chi connectivity index (χ2n) is 6.02. The number of piperidine rings is 1. The van der Waals surface area contributed by atoms with Gasteiger partial charge in [0.05, 0.1) is 0 Å². The minimum Gasteiger partial charge on any atom is -0.316 e. The summed E-state index contributed by atoms with van der Waals surface area (Å²) in [5.41, 5.74) is 2.90. The van der Waals surface area contributed by atoms with Crippen molar-refractivity contribution >= 4 is 0 Å². The Morgan fingerprint density at radius 1 is 1.26 bits per heavy atom. The third-order valence-electron chi connectivity index (χ3n) is 4.35. The fraction of sp³-hybridized carbons (Fsp3) is 0.647. The lowest BCUT2D eigenvalue weighted by Gasteiger charge is -2.31. The van der Waals surface area contributed by atoms with E-state index < -0.39 is 0 Å². The summed E-state index contributed by atoms with van der Waals surface area (Å²) >= 11 is 0. The van der Waals surface area contributed by atoms with Crippen LogP contribution >= 0.6 is 0 Å². The van der Waals surface area contributed by atoms with Crippen molar-refractivity contribution in [3.05, 3.63) is 35.4 Å². The molecule has 1 aromatic rings. The first-order chi connectivity index (χ1) is 9.20. The van der Waals surface area contributed by atoms with Gasteiger partial charge in [-0.25, -0.2) is 0 Å². The predicted molar refractivity (Wildman–Crippen MR) is 82.5 cm³/mol. The minimum absolute atomic E-state index is 0.552. The molecule has 1 aromatic carbocycles. The zero-order chi connectivity index (χ0) is 13.7. The summed E-state index contributed by atoms with van der Waals surface area (Å²) < 4.78 is 0. The molecule has 0 aromatic heterocycles. The normalized spacial score (nSPS) is 21.6. The van der Waals surface area contributed by atoms with Gasteiger partial charge in [-0.2, -0.15) is 0 Å². The summed E-state index contributed by atoms with van der Waals surface area (Å²) in [6, 6.07) is 9.76. The van der Waals surface area contributed by atoms with Crippen molar-refractivity contribution in [1.82, 2.24) is 10.2 Å². The third-order valence-corrected chi connectivity index (χ3v) is 4.35.